The first kappa shape index (κ1) is 14.7. The van der Waals surface area contributed by atoms with Gasteiger partial charge in [-0.3, -0.25) is 4.79 Å². The number of halogens is 2. The highest BCUT2D eigenvalue weighted by Gasteiger charge is 2.10. The summed E-state index contributed by atoms with van der Waals surface area (Å²) in [6.07, 6.45) is 0. The molecule has 2 aromatic carbocycles. The molecule has 0 saturated heterocycles. The molecule has 0 fully saturated rings. The Kier molecular flexibility index (Phi) is 4.29. The van der Waals surface area contributed by atoms with Gasteiger partial charge in [0.15, 0.2) is 5.78 Å². The molecule has 0 saturated carbocycles. The molecule has 2 aromatic rings. The highest BCUT2D eigenvalue weighted by Crippen LogP contribution is 2.20. The number of Topliss-reactive ketones (excluding diaryl/α,β-unsaturated/α-hetero) is 1. The molecular weight excluding hydrogens is 274 g/mol. The summed E-state index contributed by atoms with van der Waals surface area (Å²) in [5.41, 5.74) is 1.34. The van der Waals surface area contributed by atoms with Crippen LogP contribution in [0.25, 0.3) is 0 Å². The van der Waals surface area contributed by atoms with Crippen LogP contribution >= 0.6 is 0 Å². The number of carbonyl (C=O) groups is 1. The van der Waals surface area contributed by atoms with Crippen LogP contribution < -0.4 is 5.32 Å². The van der Waals surface area contributed by atoms with E-state index >= 15 is 0 Å². The normalized spacial score (nSPS) is 10.0. The van der Waals surface area contributed by atoms with Gasteiger partial charge in [0.25, 0.3) is 0 Å². The van der Waals surface area contributed by atoms with E-state index in [0.717, 1.165) is 18.2 Å². The molecule has 0 aliphatic rings. The lowest BCUT2D eigenvalue weighted by Crippen LogP contribution is -2.07. The van der Waals surface area contributed by atoms with Gasteiger partial charge in [-0.25, -0.2) is 8.78 Å². The fourth-order valence-electron chi connectivity index (χ4n) is 1.94. The highest BCUT2D eigenvalue weighted by molar-refractivity contribution is 5.99. The van der Waals surface area contributed by atoms with Crippen LogP contribution in [-0.2, 0) is 6.54 Å². The van der Waals surface area contributed by atoms with Crippen molar-refractivity contribution in [1.82, 2.24) is 0 Å². The topological polar surface area (TPSA) is 52.9 Å². The number of ketones is 1. The molecule has 0 bridgehead atoms. The molecule has 21 heavy (non-hydrogen) atoms. The molecule has 0 aliphatic carbocycles. The van der Waals surface area contributed by atoms with Gasteiger partial charge in [0.2, 0.25) is 0 Å². The Morgan fingerprint density at radius 3 is 2.67 bits per heavy atom. The quantitative estimate of drug-likeness (QED) is 0.873. The van der Waals surface area contributed by atoms with Crippen LogP contribution in [0.3, 0.4) is 0 Å². The number of benzene rings is 2. The maximum absolute atomic E-state index is 13.6. The number of hydrogen-bond acceptors (Lipinski definition) is 3. The molecule has 0 unspecified atom stereocenters. The van der Waals surface area contributed by atoms with E-state index in [1.807, 2.05) is 6.07 Å². The fourth-order valence-corrected chi connectivity index (χ4v) is 1.94. The van der Waals surface area contributed by atoms with E-state index in [9.17, 15) is 13.6 Å². The van der Waals surface area contributed by atoms with Gasteiger partial charge in [-0.05, 0) is 43.3 Å². The number of rotatable bonds is 4. The third-order valence-corrected chi connectivity index (χ3v) is 3.01. The van der Waals surface area contributed by atoms with E-state index < -0.39 is 11.6 Å². The molecule has 0 heterocycles. The molecule has 0 amide bonds. The molecule has 2 rings (SSSR count). The zero-order chi connectivity index (χ0) is 15.4. The maximum Gasteiger partial charge on any atom is 0.161 e. The Labute approximate surface area is 120 Å². The van der Waals surface area contributed by atoms with Crippen LogP contribution in [0.1, 0.15) is 28.4 Å². The van der Waals surface area contributed by atoms with Crippen molar-refractivity contribution in [3.63, 3.8) is 0 Å². The average Bonchev–Trinajstić information content (AvgIpc) is 2.47. The first-order valence-electron chi connectivity index (χ1n) is 6.24. The van der Waals surface area contributed by atoms with Crippen molar-refractivity contribution < 1.29 is 13.6 Å². The van der Waals surface area contributed by atoms with Gasteiger partial charge >= 0.3 is 0 Å². The highest BCUT2D eigenvalue weighted by atomic mass is 19.1. The number of nitriles is 1. The van der Waals surface area contributed by atoms with Gasteiger partial charge in [0.1, 0.15) is 11.6 Å². The van der Waals surface area contributed by atoms with Crippen molar-refractivity contribution in [1.29, 1.82) is 5.26 Å². The van der Waals surface area contributed by atoms with Crippen molar-refractivity contribution >= 4 is 11.5 Å². The summed E-state index contributed by atoms with van der Waals surface area (Å²) in [5, 5.41) is 11.8. The van der Waals surface area contributed by atoms with Crippen LogP contribution in [0.15, 0.2) is 36.4 Å². The predicted octanol–water partition coefficient (Wildman–Crippen LogP) is 3.65. The number of hydrogen-bond donors (Lipinski definition) is 1. The van der Waals surface area contributed by atoms with Crippen LogP contribution in [0.5, 0.6) is 0 Å². The Morgan fingerprint density at radius 2 is 2.00 bits per heavy atom. The lowest BCUT2D eigenvalue weighted by atomic mass is 10.1. The second kappa shape index (κ2) is 6.14. The number of nitrogens with zero attached hydrogens (tertiary/aromatic N) is 1. The average molecular weight is 286 g/mol. The minimum atomic E-state index is -0.537. The number of nitrogens with one attached hydrogen (secondary N) is 1. The summed E-state index contributed by atoms with van der Waals surface area (Å²) in [6, 6.07) is 9.71. The Balaban J connectivity index is 2.28. The second-order valence-electron chi connectivity index (χ2n) is 4.52. The van der Waals surface area contributed by atoms with Gasteiger partial charge in [0.05, 0.1) is 11.6 Å². The smallest absolute Gasteiger partial charge is 0.161 e. The van der Waals surface area contributed by atoms with E-state index in [1.54, 1.807) is 0 Å². The third-order valence-electron chi connectivity index (χ3n) is 3.01. The van der Waals surface area contributed by atoms with Crippen molar-refractivity contribution in [3.8, 4) is 6.07 Å². The molecule has 0 radical (unpaired) electrons. The Morgan fingerprint density at radius 1 is 1.24 bits per heavy atom. The minimum absolute atomic E-state index is 0.0127. The molecule has 0 atom stereocenters. The second-order valence-corrected chi connectivity index (χ2v) is 4.52. The van der Waals surface area contributed by atoms with E-state index in [0.29, 0.717) is 16.8 Å². The zero-order valence-corrected chi connectivity index (χ0v) is 11.3. The lowest BCUT2D eigenvalue weighted by Gasteiger charge is -2.11. The first-order valence-corrected chi connectivity index (χ1v) is 6.24. The first-order chi connectivity index (χ1) is 10.0. The standard InChI is InChI=1S/C16H12F2N2O/c1-10(21)14-4-2-11(8-19)6-16(14)20-9-12-7-13(17)3-5-15(12)18/h2-7,20H,9H2,1H3. The van der Waals surface area contributed by atoms with Gasteiger partial charge in [-0.15, -0.1) is 0 Å². The van der Waals surface area contributed by atoms with Crippen LogP contribution in [0.4, 0.5) is 14.5 Å². The summed E-state index contributed by atoms with van der Waals surface area (Å²) in [5.74, 6) is -1.25. The monoisotopic (exact) mass is 286 g/mol. The van der Waals surface area contributed by atoms with Crippen molar-refractivity contribution in [2.75, 3.05) is 5.32 Å². The number of carbonyl (C=O) groups excluding carboxylic acids is 1. The van der Waals surface area contributed by atoms with E-state index in [4.69, 9.17) is 5.26 Å². The van der Waals surface area contributed by atoms with Gasteiger partial charge in [0, 0.05) is 23.4 Å². The Hall–Kier alpha value is -2.74. The summed E-state index contributed by atoms with van der Waals surface area (Å²) in [4.78, 5) is 11.5. The molecule has 3 nitrogen and oxygen atoms in total. The summed E-state index contributed by atoms with van der Waals surface area (Å²) in [7, 11) is 0. The molecule has 0 aliphatic heterocycles. The summed E-state index contributed by atoms with van der Waals surface area (Å²) >= 11 is 0. The third kappa shape index (κ3) is 3.42. The molecule has 5 heteroatoms. The van der Waals surface area contributed by atoms with Gasteiger partial charge < -0.3 is 5.32 Å². The number of anilines is 1. The van der Waals surface area contributed by atoms with Crippen LogP contribution in [-0.4, -0.2) is 5.78 Å². The molecule has 0 spiro atoms. The van der Waals surface area contributed by atoms with Crippen molar-refractivity contribution in [2.45, 2.75) is 13.5 Å². The largest absolute Gasteiger partial charge is 0.380 e. The molecule has 106 valence electrons. The summed E-state index contributed by atoms with van der Waals surface area (Å²) in [6.45, 7) is 1.41. The SMILES string of the molecule is CC(=O)c1ccc(C#N)cc1NCc1cc(F)ccc1F. The molecule has 1 N–H and O–H groups in total. The predicted molar refractivity (Wildman–Crippen MR) is 74.8 cm³/mol. The lowest BCUT2D eigenvalue weighted by molar-refractivity contribution is 0.101. The fraction of sp³-hybridized carbons (Fsp3) is 0.125. The minimum Gasteiger partial charge on any atom is -0.380 e. The molecular formula is C16H12F2N2O. The molecule has 0 aromatic heterocycles. The van der Waals surface area contributed by atoms with Crippen molar-refractivity contribution in [2.24, 2.45) is 0 Å². The van der Waals surface area contributed by atoms with Gasteiger partial charge in [-0.1, -0.05) is 0 Å². The Bertz CT molecular complexity index is 736. The summed E-state index contributed by atoms with van der Waals surface area (Å²) < 4.78 is 26.7. The maximum atomic E-state index is 13.6. The van der Waals surface area contributed by atoms with Crippen LogP contribution in [0, 0.1) is 23.0 Å². The van der Waals surface area contributed by atoms with E-state index in [-0.39, 0.29) is 17.9 Å². The van der Waals surface area contributed by atoms with E-state index in [1.165, 1.54) is 25.1 Å². The zero-order valence-electron chi connectivity index (χ0n) is 11.3. The van der Waals surface area contributed by atoms with Gasteiger partial charge in [-0.2, -0.15) is 5.26 Å². The van der Waals surface area contributed by atoms with Crippen molar-refractivity contribution in [3.05, 3.63) is 64.7 Å². The van der Waals surface area contributed by atoms with Crippen LogP contribution in [0.2, 0.25) is 0 Å². The van der Waals surface area contributed by atoms with E-state index in [2.05, 4.69) is 5.32 Å².